The Labute approximate surface area is 380 Å². The maximum atomic E-state index is 12.0. The molecule has 0 radical (unpaired) electrons. The van der Waals surface area contributed by atoms with Gasteiger partial charge in [-0.15, -0.1) is 0 Å². The first kappa shape index (κ1) is 60.5. The van der Waals surface area contributed by atoms with E-state index in [0.717, 1.165) is 77.0 Å². The van der Waals surface area contributed by atoms with Gasteiger partial charge in [0.15, 0.2) is 0 Å². The minimum atomic E-state index is -4.20. The molecule has 0 aromatic rings. The molecule has 0 aliphatic carbocycles. The second-order valence-electron chi connectivity index (χ2n) is 15.2. The van der Waals surface area contributed by atoms with Crippen LogP contribution in [0.2, 0.25) is 0 Å². The Morgan fingerprint density at radius 3 is 0.556 bits per heavy atom. The topological polar surface area (TPSA) is 117 Å². The van der Waals surface area contributed by atoms with Crippen molar-refractivity contribution in [3.63, 3.8) is 0 Å². The van der Waals surface area contributed by atoms with Crippen molar-refractivity contribution in [1.29, 1.82) is 0 Å². The van der Waals surface area contributed by atoms with Crippen molar-refractivity contribution in [2.75, 3.05) is 26.4 Å². The largest absolute Gasteiger partial charge is 1.00 e. The SMILES string of the molecule is CCCCCCCCCCCCCCCCOP(=O)([O-])OCCCCCCCCCCOP(=O)([O-])OCCCCCCCCCCCCCCCC.[Na+].[Na+]. The van der Waals surface area contributed by atoms with Gasteiger partial charge < -0.3 is 27.9 Å². The van der Waals surface area contributed by atoms with E-state index in [0.29, 0.717) is 12.8 Å². The van der Waals surface area contributed by atoms with E-state index in [2.05, 4.69) is 13.8 Å². The summed E-state index contributed by atoms with van der Waals surface area (Å²) in [5.41, 5.74) is 0. The smallest absolute Gasteiger partial charge is 0.756 e. The van der Waals surface area contributed by atoms with Crippen molar-refractivity contribution in [3.05, 3.63) is 0 Å². The van der Waals surface area contributed by atoms with Crippen molar-refractivity contribution < 1.29 is 96.1 Å². The summed E-state index contributed by atoms with van der Waals surface area (Å²) >= 11 is 0. The van der Waals surface area contributed by atoms with Gasteiger partial charge in [0.25, 0.3) is 15.6 Å². The van der Waals surface area contributed by atoms with Crippen LogP contribution in [0.1, 0.15) is 245 Å². The van der Waals surface area contributed by atoms with E-state index in [-0.39, 0.29) is 85.5 Å². The molecule has 314 valence electrons. The summed E-state index contributed by atoms with van der Waals surface area (Å²) in [6, 6.07) is 0. The first-order valence-electron chi connectivity index (χ1n) is 22.5. The molecule has 0 aliphatic heterocycles. The maximum Gasteiger partial charge on any atom is 1.00 e. The first-order chi connectivity index (χ1) is 25.3. The van der Waals surface area contributed by atoms with Crippen LogP contribution in [0.5, 0.6) is 0 Å². The normalized spacial score (nSPS) is 13.6. The quantitative estimate of drug-likeness (QED) is 0.0344. The molecule has 0 fully saturated rings. The van der Waals surface area contributed by atoms with Gasteiger partial charge in [-0.25, -0.2) is 0 Å². The van der Waals surface area contributed by atoms with Crippen LogP contribution in [0.3, 0.4) is 0 Å². The summed E-state index contributed by atoms with van der Waals surface area (Å²) in [5.74, 6) is 0. The molecule has 0 amide bonds. The van der Waals surface area contributed by atoms with Gasteiger partial charge in [-0.3, -0.25) is 9.13 Å². The summed E-state index contributed by atoms with van der Waals surface area (Å²) in [4.78, 5) is 24.0. The summed E-state index contributed by atoms with van der Waals surface area (Å²) in [7, 11) is -8.40. The zero-order valence-corrected chi connectivity index (χ0v) is 42.2. The minimum Gasteiger partial charge on any atom is -0.756 e. The predicted octanol–water partition coefficient (Wildman–Crippen LogP) is 8.08. The number of phosphoric acid groups is 2. The number of rotatable bonds is 45. The maximum absolute atomic E-state index is 12.0. The van der Waals surface area contributed by atoms with Gasteiger partial charge in [0, 0.05) is 0 Å². The molecule has 0 aromatic heterocycles. The van der Waals surface area contributed by atoms with E-state index in [1.165, 1.54) is 141 Å². The van der Waals surface area contributed by atoms with Gasteiger partial charge in [0.1, 0.15) is 0 Å². The second kappa shape index (κ2) is 47.9. The van der Waals surface area contributed by atoms with E-state index in [1.807, 2.05) is 0 Å². The van der Waals surface area contributed by atoms with E-state index < -0.39 is 15.6 Å². The predicted molar refractivity (Wildman–Crippen MR) is 217 cm³/mol. The molecule has 0 aromatic carbocycles. The molecular weight excluding hydrogens is 740 g/mol. The Morgan fingerprint density at radius 2 is 0.407 bits per heavy atom. The summed E-state index contributed by atoms with van der Waals surface area (Å²) in [6.07, 6.45) is 42.7. The van der Waals surface area contributed by atoms with Gasteiger partial charge in [0.05, 0.1) is 26.4 Å². The van der Waals surface area contributed by atoms with E-state index in [1.54, 1.807) is 0 Å². The average Bonchev–Trinajstić information content (AvgIpc) is 3.12. The monoisotopic (exact) mass is 827 g/mol. The van der Waals surface area contributed by atoms with Crippen molar-refractivity contribution in [1.82, 2.24) is 0 Å². The molecule has 8 nitrogen and oxygen atoms in total. The molecule has 0 spiro atoms. The standard InChI is InChI=1S/C42H88O8P2.2Na/c1-3-5-7-9-11-13-15-17-19-21-23-27-31-35-39-47-51(43,44)49-41-37-33-29-25-26-30-34-38-42-50-52(45,46)48-40-36-32-28-24-22-20-18-16-14-12-10-8-6-4-2;;/h3-42H2,1-2H3,(H,43,44)(H,45,46);;/q;2*+1/p-2. The molecule has 0 N–H and O–H groups in total. The summed E-state index contributed by atoms with van der Waals surface area (Å²) in [5, 5.41) is 0. The average molecular weight is 827 g/mol. The van der Waals surface area contributed by atoms with E-state index in [9.17, 15) is 18.9 Å². The van der Waals surface area contributed by atoms with Gasteiger partial charge in [0.2, 0.25) is 0 Å². The third-order valence-electron chi connectivity index (χ3n) is 10.0. The molecule has 0 heterocycles. The Morgan fingerprint density at radius 1 is 0.278 bits per heavy atom. The Bertz CT molecular complexity index is 748. The van der Waals surface area contributed by atoms with Crippen LogP contribution in [-0.2, 0) is 27.2 Å². The van der Waals surface area contributed by atoms with Crippen LogP contribution in [0.25, 0.3) is 0 Å². The van der Waals surface area contributed by atoms with Crippen molar-refractivity contribution in [3.8, 4) is 0 Å². The van der Waals surface area contributed by atoms with E-state index >= 15 is 0 Å². The Hall–Kier alpha value is 2.22. The molecule has 0 saturated carbocycles. The molecule has 0 rings (SSSR count). The van der Waals surface area contributed by atoms with Crippen molar-refractivity contribution in [2.24, 2.45) is 0 Å². The molecular formula is C42H86Na2O8P2. The van der Waals surface area contributed by atoms with Crippen LogP contribution in [0, 0.1) is 0 Å². The van der Waals surface area contributed by atoms with Crippen LogP contribution in [0.4, 0.5) is 0 Å². The van der Waals surface area contributed by atoms with Gasteiger partial charge >= 0.3 is 59.1 Å². The second-order valence-corrected chi connectivity index (χ2v) is 18.1. The fraction of sp³-hybridized carbons (Fsp3) is 1.00. The Balaban J connectivity index is -0.0000130. The molecule has 0 saturated heterocycles. The fourth-order valence-electron chi connectivity index (χ4n) is 6.64. The van der Waals surface area contributed by atoms with Gasteiger partial charge in [-0.05, 0) is 25.7 Å². The Kier molecular flexibility index (Phi) is 53.7. The number of hydrogen-bond acceptors (Lipinski definition) is 8. The molecule has 54 heavy (non-hydrogen) atoms. The molecule has 0 bridgehead atoms. The van der Waals surface area contributed by atoms with Crippen LogP contribution in [0.15, 0.2) is 0 Å². The number of unbranched alkanes of at least 4 members (excludes halogenated alkanes) is 33. The van der Waals surface area contributed by atoms with Crippen molar-refractivity contribution >= 4 is 15.6 Å². The zero-order chi connectivity index (χ0) is 38.1. The van der Waals surface area contributed by atoms with Crippen LogP contribution < -0.4 is 68.9 Å². The molecule has 2 unspecified atom stereocenters. The minimum absolute atomic E-state index is 0. The summed E-state index contributed by atoms with van der Waals surface area (Å²) in [6.45, 7) is 5.29. The van der Waals surface area contributed by atoms with Gasteiger partial charge in [-0.2, -0.15) is 0 Å². The fourth-order valence-corrected chi connectivity index (χ4v) is 8.20. The van der Waals surface area contributed by atoms with Crippen LogP contribution >= 0.6 is 15.6 Å². The van der Waals surface area contributed by atoms with Gasteiger partial charge in [-0.1, -0.05) is 219 Å². The third kappa shape index (κ3) is 50.4. The zero-order valence-electron chi connectivity index (χ0n) is 36.4. The third-order valence-corrected chi connectivity index (χ3v) is 12.0. The summed E-state index contributed by atoms with van der Waals surface area (Å²) < 4.78 is 44.1. The number of phosphoric ester groups is 2. The van der Waals surface area contributed by atoms with Crippen molar-refractivity contribution in [2.45, 2.75) is 245 Å². The molecule has 2 atom stereocenters. The molecule has 12 heteroatoms. The molecule has 0 aliphatic rings. The number of hydrogen-bond donors (Lipinski definition) is 0. The van der Waals surface area contributed by atoms with E-state index in [4.69, 9.17) is 18.1 Å². The first-order valence-corrected chi connectivity index (χ1v) is 25.5. The van der Waals surface area contributed by atoms with Crippen LogP contribution in [-0.4, -0.2) is 26.4 Å².